The van der Waals surface area contributed by atoms with Gasteiger partial charge in [-0.1, -0.05) is 18.2 Å². The van der Waals surface area contributed by atoms with Crippen molar-refractivity contribution in [2.45, 2.75) is 26.7 Å². The van der Waals surface area contributed by atoms with E-state index in [-0.39, 0.29) is 30.1 Å². The first kappa shape index (κ1) is 18.6. The standard InChI is InChI=1S/C21H23N3O3/c1-13-6-9-18(24-21(27)15-7-8-15)11-19(13)22-12-20(26)23-17-5-3-4-16(10-17)14(2)25/h3-6,9-11,15,22H,7-8,12H2,1-2H3,(H,23,26)(H,24,27). The van der Waals surface area contributed by atoms with Crippen LogP contribution < -0.4 is 16.0 Å². The monoisotopic (exact) mass is 365 g/mol. The molecule has 0 saturated heterocycles. The molecule has 140 valence electrons. The molecule has 0 aliphatic heterocycles. The van der Waals surface area contributed by atoms with Crippen LogP contribution in [0.5, 0.6) is 0 Å². The van der Waals surface area contributed by atoms with Crippen molar-refractivity contribution in [2.24, 2.45) is 5.92 Å². The van der Waals surface area contributed by atoms with Crippen molar-refractivity contribution in [3.63, 3.8) is 0 Å². The number of anilines is 3. The molecule has 0 aromatic heterocycles. The van der Waals surface area contributed by atoms with Gasteiger partial charge in [-0.2, -0.15) is 0 Å². The second-order valence-corrected chi connectivity index (χ2v) is 6.83. The van der Waals surface area contributed by atoms with Gasteiger partial charge < -0.3 is 16.0 Å². The number of aryl methyl sites for hydroxylation is 1. The van der Waals surface area contributed by atoms with Crippen LogP contribution in [-0.4, -0.2) is 24.1 Å². The van der Waals surface area contributed by atoms with Crippen LogP contribution in [-0.2, 0) is 9.59 Å². The van der Waals surface area contributed by atoms with Crippen molar-refractivity contribution in [1.82, 2.24) is 0 Å². The van der Waals surface area contributed by atoms with Crippen LogP contribution in [0, 0.1) is 12.8 Å². The van der Waals surface area contributed by atoms with Gasteiger partial charge in [-0.05, 0) is 56.5 Å². The van der Waals surface area contributed by atoms with E-state index in [0.717, 1.165) is 29.8 Å². The van der Waals surface area contributed by atoms with Gasteiger partial charge in [0.15, 0.2) is 5.78 Å². The average molecular weight is 365 g/mol. The lowest BCUT2D eigenvalue weighted by Gasteiger charge is -2.13. The molecule has 1 fully saturated rings. The summed E-state index contributed by atoms with van der Waals surface area (Å²) in [6, 6.07) is 12.4. The lowest BCUT2D eigenvalue weighted by atomic mass is 10.1. The molecule has 0 spiro atoms. The summed E-state index contributed by atoms with van der Waals surface area (Å²) < 4.78 is 0. The molecule has 1 saturated carbocycles. The maximum atomic E-state index is 12.2. The number of hydrogen-bond acceptors (Lipinski definition) is 4. The van der Waals surface area contributed by atoms with Crippen LogP contribution in [0.25, 0.3) is 0 Å². The van der Waals surface area contributed by atoms with E-state index in [2.05, 4.69) is 16.0 Å². The van der Waals surface area contributed by atoms with Crippen LogP contribution in [0.1, 0.15) is 35.7 Å². The van der Waals surface area contributed by atoms with Crippen molar-refractivity contribution in [2.75, 3.05) is 22.5 Å². The van der Waals surface area contributed by atoms with Gasteiger partial charge in [-0.25, -0.2) is 0 Å². The number of carbonyl (C=O) groups excluding carboxylic acids is 3. The quantitative estimate of drug-likeness (QED) is 0.654. The molecule has 0 bridgehead atoms. The van der Waals surface area contributed by atoms with Gasteiger partial charge >= 0.3 is 0 Å². The second kappa shape index (κ2) is 8.03. The Hall–Kier alpha value is -3.15. The number of nitrogens with one attached hydrogen (secondary N) is 3. The second-order valence-electron chi connectivity index (χ2n) is 6.83. The molecule has 2 aromatic rings. The minimum atomic E-state index is -0.220. The van der Waals surface area contributed by atoms with E-state index >= 15 is 0 Å². The maximum absolute atomic E-state index is 12.2. The number of rotatable bonds is 7. The zero-order valence-corrected chi connectivity index (χ0v) is 15.5. The SMILES string of the molecule is CC(=O)c1cccc(NC(=O)CNc2cc(NC(=O)C3CC3)ccc2C)c1. The van der Waals surface area contributed by atoms with E-state index in [1.807, 2.05) is 25.1 Å². The number of benzene rings is 2. The topological polar surface area (TPSA) is 87.3 Å². The van der Waals surface area contributed by atoms with Crippen LogP contribution >= 0.6 is 0 Å². The fraction of sp³-hybridized carbons (Fsp3) is 0.286. The zero-order chi connectivity index (χ0) is 19.4. The normalized spacial score (nSPS) is 13.0. The predicted molar refractivity (Wildman–Crippen MR) is 106 cm³/mol. The highest BCUT2D eigenvalue weighted by atomic mass is 16.2. The molecule has 3 N–H and O–H groups in total. The Bertz CT molecular complexity index is 888. The molecule has 2 amide bonds. The summed E-state index contributed by atoms with van der Waals surface area (Å²) >= 11 is 0. The Morgan fingerprint density at radius 3 is 2.44 bits per heavy atom. The highest BCUT2D eigenvalue weighted by Crippen LogP contribution is 2.30. The van der Waals surface area contributed by atoms with Gasteiger partial charge in [-0.3, -0.25) is 14.4 Å². The van der Waals surface area contributed by atoms with Crippen molar-refractivity contribution < 1.29 is 14.4 Å². The van der Waals surface area contributed by atoms with Gasteiger partial charge in [0.2, 0.25) is 11.8 Å². The first-order valence-corrected chi connectivity index (χ1v) is 8.98. The van der Waals surface area contributed by atoms with Crippen molar-refractivity contribution in [3.05, 3.63) is 53.6 Å². The fourth-order valence-electron chi connectivity index (χ4n) is 2.68. The van der Waals surface area contributed by atoms with Gasteiger partial charge in [0.25, 0.3) is 0 Å². The first-order chi connectivity index (χ1) is 12.9. The Morgan fingerprint density at radius 1 is 1.00 bits per heavy atom. The highest BCUT2D eigenvalue weighted by Gasteiger charge is 2.29. The molecule has 1 aliphatic carbocycles. The summed E-state index contributed by atoms with van der Waals surface area (Å²) in [4.78, 5) is 35.5. The predicted octanol–water partition coefficient (Wildman–Crippen LogP) is 3.60. The third-order valence-electron chi connectivity index (χ3n) is 4.45. The van der Waals surface area contributed by atoms with Crippen LogP contribution in [0.2, 0.25) is 0 Å². The molecule has 6 nitrogen and oxygen atoms in total. The Labute approximate surface area is 158 Å². The average Bonchev–Trinajstić information content (AvgIpc) is 3.47. The lowest BCUT2D eigenvalue weighted by Crippen LogP contribution is -2.22. The summed E-state index contributed by atoms with van der Waals surface area (Å²) in [6.45, 7) is 3.49. The van der Waals surface area contributed by atoms with Gasteiger partial charge in [-0.15, -0.1) is 0 Å². The summed E-state index contributed by atoms with van der Waals surface area (Å²) in [5.74, 6) is -0.0837. The van der Waals surface area contributed by atoms with Crippen LogP contribution in [0.4, 0.5) is 17.1 Å². The van der Waals surface area contributed by atoms with Gasteiger partial charge in [0, 0.05) is 28.5 Å². The number of amides is 2. The van der Waals surface area contributed by atoms with Gasteiger partial charge in [0.1, 0.15) is 0 Å². The Balaban J connectivity index is 1.58. The first-order valence-electron chi connectivity index (χ1n) is 8.98. The number of hydrogen-bond donors (Lipinski definition) is 3. The summed E-state index contributed by atoms with van der Waals surface area (Å²) in [7, 11) is 0. The molecule has 0 unspecified atom stereocenters. The third kappa shape index (κ3) is 5.17. The van der Waals surface area contributed by atoms with Gasteiger partial charge in [0.05, 0.1) is 6.54 Å². The van der Waals surface area contributed by atoms with Crippen LogP contribution in [0.3, 0.4) is 0 Å². The molecule has 0 heterocycles. The Kier molecular flexibility index (Phi) is 5.54. The third-order valence-corrected chi connectivity index (χ3v) is 4.45. The smallest absolute Gasteiger partial charge is 0.243 e. The summed E-state index contributed by atoms with van der Waals surface area (Å²) in [5.41, 5.74) is 3.61. The number of ketones is 1. The van der Waals surface area contributed by atoms with E-state index in [9.17, 15) is 14.4 Å². The van der Waals surface area contributed by atoms with Crippen LogP contribution in [0.15, 0.2) is 42.5 Å². The Morgan fingerprint density at radius 2 is 1.74 bits per heavy atom. The van der Waals surface area contributed by atoms with E-state index < -0.39 is 0 Å². The molecule has 6 heteroatoms. The number of carbonyl (C=O) groups is 3. The van der Waals surface area contributed by atoms with E-state index in [4.69, 9.17) is 0 Å². The van der Waals surface area contributed by atoms with E-state index in [1.54, 1.807) is 24.3 Å². The summed E-state index contributed by atoms with van der Waals surface area (Å²) in [6.07, 6.45) is 1.90. The van der Waals surface area contributed by atoms with E-state index in [1.165, 1.54) is 6.92 Å². The largest absolute Gasteiger partial charge is 0.376 e. The van der Waals surface area contributed by atoms with Crippen molar-refractivity contribution in [3.8, 4) is 0 Å². The molecule has 0 radical (unpaired) electrons. The zero-order valence-electron chi connectivity index (χ0n) is 15.5. The fourth-order valence-corrected chi connectivity index (χ4v) is 2.68. The molecule has 3 rings (SSSR count). The minimum absolute atomic E-state index is 0.0490. The molecular weight excluding hydrogens is 342 g/mol. The lowest BCUT2D eigenvalue weighted by molar-refractivity contribution is -0.117. The minimum Gasteiger partial charge on any atom is -0.376 e. The molecule has 27 heavy (non-hydrogen) atoms. The summed E-state index contributed by atoms with van der Waals surface area (Å²) in [5, 5.41) is 8.78. The molecule has 0 atom stereocenters. The molecule has 1 aliphatic rings. The van der Waals surface area contributed by atoms with E-state index in [0.29, 0.717) is 11.3 Å². The maximum Gasteiger partial charge on any atom is 0.243 e. The molecular formula is C21H23N3O3. The highest BCUT2D eigenvalue weighted by molar-refractivity contribution is 5.98. The van der Waals surface area contributed by atoms with Crippen molar-refractivity contribution in [1.29, 1.82) is 0 Å². The number of Topliss-reactive ketones (excluding diaryl/α,β-unsaturated/α-hetero) is 1. The molecule has 2 aromatic carbocycles. The van der Waals surface area contributed by atoms with Crippen molar-refractivity contribution >= 4 is 34.7 Å².